The zero-order chi connectivity index (χ0) is 18.2. The summed E-state index contributed by atoms with van der Waals surface area (Å²) < 4.78 is 14.8. The van der Waals surface area contributed by atoms with Crippen molar-refractivity contribution in [3.05, 3.63) is 47.0 Å². The third kappa shape index (κ3) is 3.26. The number of hydrogen-bond donors (Lipinski definition) is 2. The number of carboxylic acid groups (broad SMARTS) is 1. The number of carbonyl (C=O) groups excluding carboxylic acids is 1. The average molecular weight is 345 g/mol. The van der Waals surface area contributed by atoms with Crippen molar-refractivity contribution >= 4 is 11.9 Å². The monoisotopic (exact) mass is 345 g/mol. The van der Waals surface area contributed by atoms with Crippen LogP contribution in [0.2, 0.25) is 0 Å². The smallest absolute Gasteiger partial charge is 0.310 e. The van der Waals surface area contributed by atoms with Gasteiger partial charge in [0.2, 0.25) is 0 Å². The van der Waals surface area contributed by atoms with Crippen LogP contribution >= 0.6 is 0 Å². The molecule has 1 aromatic heterocycles. The Hall–Kier alpha value is -2.70. The Labute approximate surface area is 144 Å². The van der Waals surface area contributed by atoms with Gasteiger partial charge in [0, 0.05) is 17.8 Å². The highest BCUT2D eigenvalue weighted by atomic mass is 19.1. The molecular formula is C18H20FN3O3. The van der Waals surface area contributed by atoms with Crippen molar-refractivity contribution in [2.45, 2.75) is 33.1 Å². The van der Waals surface area contributed by atoms with E-state index in [1.807, 2.05) is 0 Å². The molecule has 132 valence electrons. The van der Waals surface area contributed by atoms with Gasteiger partial charge in [0.1, 0.15) is 5.82 Å². The number of hydrogen-bond acceptors (Lipinski definition) is 3. The molecule has 0 unspecified atom stereocenters. The van der Waals surface area contributed by atoms with Gasteiger partial charge >= 0.3 is 5.97 Å². The zero-order valence-corrected chi connectivity index (χ0v) is 14.2. The number of nitrogens with zero attached hydrogens (tertiary/aromatic N) is 2. The number of aliphatic carboxylic acids is 1. The standard InChI is InChI=1S/C18H20FN3O3/c1-18(2,17(24)25)10-20-16(23)15-13-4-3-5-14(13)22(21-15)12-8-6-11(19)7-9-12/h6-9H,3-5,10H2,1-2H3,(H,20,23)(H,24,25). The van der Waals surface area contributed by atoms with Crippen LogP contribution in [0.4, 0.5) is 4.39 Å². The molecule has 0 spiro atoms. The molecule has 0 radical (unpaired) electrons. The summed E-state index contributed by atoms with van der Waals surface area (Å²) in [5.74, 6) is -1.69. The maximum atomic E-state index is 13.1. The first-order valence-electron chi connectivity index (χ1n) is 8.18. The highest BCUT2D eigenvalue weighted by Crippen LogP contribution is 2.28. The lowest BCUT2D eigenvalue weighted by molar-refractivity contribution is -0.146. The Morgan fingerprint density at radius 1 is 1.28 bits per heavy atom. The summed E-state index contributed by atoms with van der Waals surface area (Å²) in [5, 5.41) is 16.2. The van der Waals surface area contributed by atoms with E-state index in [-0.39, 0.29) is 18.3 Å². The van der Waals surface area contributed by atoms with Crippen molar-refractivity contribution in [3.8, 4) is 5.69 Å². The number of nitrogens with one attached hydrogen (secondary N) is 1. The predicted molar refractivity (Wildman–Crippen MR) is 89.3 cm³/mol. The van der Waals surface area contributed by atoms with E-state index < -0.39 is 11.4 Å². The van der Waals surface area contributed by atoms with Gasteiger partial charge in [0.25, 0.3) is 5.91 Å². The third-order valence-electron chi connectivity index (χ3n) is 4.49. The van der Waals surface area contributed by atoms with E-state index in [1.165, 1.54) is 12.1 Å². The maximum Gasteiger partial charge on any atom is 0.310 e. The number of benzene rings is 1. The number of carboxylic acids is 1. The number of fused-ring (bicyclic) bond motifs is 1. The first-order valence-corrected chi connectivity index (χ1v) is 8.18. The minimum Gasteiger partial charge on any atom is -0.481 e. The molecule has 1 heterocycles. The lowest BCUT2D eigenvalue weighted by Crippen LogP contribution is -2.39. The first-order chi connectivity index (χ1) is 11.8. The normalized spacial score (nSPS) is 13.6. The van der Waals surface area contributed by atoms with Crippen LogP contribution in [-0.2, 0) is 17.6 Å². The number of amides is 1. The third-order valence-corrected chi connectivity index (χ3v) is 4.49. The van der Waals surface area contributed by atoms with Gasteiger partial charge in [-0.2, -0.15) is 5.10 Å². The SMILES string of the molecule is CC(C)(CNC(=O)c1nn(-c2ccc(F)cc2)c2c1CCC2)C(=O)O. The lowest BCUT2D eigenvalue weighted by atomic mass is 9.94. The number of carbonyl (C=O) groups is 2. The molecule has 1 aliphatic rings. The van der Waals surface area contributed by atoms with Gasteiger partial charge in [0.15, 0.2) is 5.69 Å². The van der Waals surface area contributed by atoms with Gasteiger partial charge < -0.3 is 10.4 Å². The highest BCUT2D eigenvalue weighted by Gasteiger charge is 2.30. The van der Waals surface area contributed by atoms with Crippen LogP contribution in [0, 0.1) is 11.2 Å². The summed E-state index contributed by atoms with van der Waals surface area (Å²) in [6.45, 7) is 3.12. The summed E-state index contributed by atoms with van der Waals surface area (Å²) in [4.78, 5) is 23.7. The summed E-state index contributed by atoms with van der Waals surface area (Å²) >= 11 is 0. The molecule has 0 fully saturated rings. The van der Waals surface area contributed by atoms with E-state index in [1.54, 1.807) is 30.7 Å². The van der Waals surface area contributed by atoms with Crippen molar-refractivity contribution in [2.24, 2.45) is 5.41 Å². The molecule has 0 bridgehead atoms. The van der Waals surface area contributed by atoms with Gasteiger partial charge in [-0.05, 0) is 57.4 Å². The van der Waals surface area contributed by atoms with Gasteiger partial charge in [-0.15, -0.1) is 0 Å². The van der Waals surface area contributed by atoms with Gasteiger partial charge in [-0.25, -0.2) is 9.07 Å². The second-order valence-corrected chi connectivity index (χ2v) is 6.89. The largest absolute Gasteiger partial charge is 0.481 e. The average Bonchev–Trinajstić information content (AvgIpc) is 3.16. The molecule has 0 saturated heterocycles. The lowest BCUT2D eigenvalue weighted by Gasteiger charge is -2.19. The summed E-state index contributed by atoms with van der Waals surface area (Å²) in [7, 11) is 0. The molecule has 0 saturated carbocycles. The molecule has 1 aliphatic carbocycles. The van der Waals surface area contributed by atoms with E-state index in [4.69, 9.17) is 5.11 Å². The van der Waals surface area contributed by atoms with Gasteiger partial charge in [0.05, 0.1) is 11.1 Å². The summed E-state index contributed by atoms with van der Waals surface area (Å²) in [6, 6.07) is 5.95. The molecule has 2 N–H and O–H groups in total. The fourth-order valence-electron chi connectivity index (χ4n) is 2.88. The minimum absolute atomic E-state index is 0.0132. The van der Waals surface area contributed by atoms with Crippen molar-refractivity contribution < 1.29 is 19.1 Å². The van der Waals surface area contributed by atoms with Crippen LogP contribution in [0.3, 0.4) is 0 Å². The predicted octanol–water partition coefficient (Wildman–Crippen LogP) is 2.34. The minimum atomic E-state index is -1.06. The van der Waals surface area contributed by atoms with Crippen molar-refractivity contribution in [2.75, 3.05) is 6.54 Å². The van der Waals surface area contributed by atoms with E-state index in [2.05, 4.69) is 10.4 Å². The number of aromatic nitrogens is 2. The van der Waals surface area contributed by atoms with Crippen molar-refractivity contribution in [3.63, 3.8) is 0 Å². The second kappa shape index (κ2) is 6.31. The Morgan fingerprint density at radius 3 is 2.60 bits per heavy atom. The Bertz CT molecular complexity index is 825. The molecule has 1 aromatic carbocycles. The van der Waals surface area contributed by atoms with E-state index in [0.29, 0.717) is 11.4 Å². The van der Waals surface area contributed by atoms with Crippen molar-refractivity contribution in [1.82, 2.24) is 15.1 Å². The zero-order valence-electron chi connectivity index (χ0n) is 14.2. The number of rotatable bonds is 5. The van der Waals surface area contributed by atoms with E-state index >= 15 is 0 Å². The molecule has 2 aromatic rings. The Kier molecular flexibility index (Phi) is 4.32. The molecule has 0 aliphatic heterocycles. The van der Waals surface area contributed by atoms with E-state index in [9.17, 15) is 14.0 Å². The quantitative estimate of drug-likeness (QED) is 0.871. The van der Waals surface area contributed by atoms with Crippen LogP contribution < -0.4 is 5.32 Å². The topological polar surface area (TPSA) is 84.2 Å². The summed E-state index contributed by atoms with van der Waals surface area (Å²) in [5.41, 5.74) is 1.80. The molecule has 0 atom stereocenters. The summed E-state index contributed by atoms with van der Waals surface area (Å²) in [6.07, 6.45) is 2.48. The number of halogens is 1. The van der Waals surface area contributed by atoms with Crippen LogP contribution in [0.5, 0.6) is 0 Å². The van der Waals surface area contributed by atoms with Crippen LogP contribution in [-0.4, -0.2) is 33.3 Å². The van der Waals surface area contributed by atoms with Gasteiger partial charge in [-0.3, -0.25) is 9.59 Å². The fraction of sp³-hybridized carbons (Fsp3) is 0.389. The fourth-order valence-corrected chi connectivity index (χ4v) is 2.88. The first kappa shape index (κ1) is 17.1. The molecule has 3 rings (SSSR count). The molecule has 7 heteroatoms. The molecule has 25 heavy (non-hydrogen) atoms. The molecular weight excluding hydrogens is 325 g/mol. The molecule has 1 amide bonds. The Morgan fingerprint density at radius 2 is 1.96 bits per heavy atom. The maximum absolute atomic E-state index is 13.1. The van der Waals surface area contributed by atoms with Crippen LogP contribution in [0.15, 0.2) is 24.3 Å². The Balaban J connectivity index is 1.88. The van der Waals surface area contributed by atoms with Crippen molar-refractivity contribution in [1.29, 1.82) is 0 Å². The molecule has 6 nitrogen and oxygen atoms in total. The second-order valence-electron chi connectivity index (χ2n) is 6.89. The van der Waals surface area contributed by atoms with Crippen LogP contribution in [0.25, 0.3) is 5.69 Å². The highest BCUT2D eigenvalue weighted by molar-refractivity contribution is 5.94. The van der Waals surface area contributed by atoms with Gasteiger partial charge in [-0.1, -0.05) is 0 Å². The van der Waals surface area contributed by atoms with Crippen LogP contribution in [0.1, 0.15) is 42.0 Å². The van der Waals surface area contributed by atoms with E-state index in [0.717, 1.165) is 30.5 Å².